The van der Waals surface area contributed by atoms with Crippen LogP contribution in [0.3, 0.4) is 0 Å². The Morgan fingerprint density at radius 3 is 2.33 bits per heavy atom. The molecule has 1 aromatic rings. The molecule has 0 aromatic heterocycles. The highest BCUT2D eigenvalue weighted by atomic mass is 35.7. The Kier molecular flexibility index (Phi) is 2.93. The van der Waals surface area contributed by atoms with E-state index in [9.17, 15) is 22.3 Å². The molecular weight excluding hydrogens is 250 g/mol. The molecule has 0 unspecified atom stereocenters. The molecule has 0 aliphatic rings. The summed E-state index contributed by atoms with van der Waals surface area (Å²) in [6, 6.07) is 2.97. The first-order valence-electron chi connectivity index (χ1n) is 3.79. The van der Waals surface area contributed by atoms with Crippen molar-refractivity contribution in [1.82, 2.24) is 0 Å². The number of hydrogen-bond donors (Lipinski definition) is 1. The summed E-state index contributed by atoms with van der Waals surface area (Å²) in [5, 5.41) is 9.32. The molecule has 7 heteroatoms. The largest absolute Gasteiger partial charge is 0.506 e. The first-order valence-corrected chi connectivity index (χ1v) is 6.10. The zero-order chi connectivity index (χ0) is 11.9. The molecule has 0 fully saturated rings. The minimum atomic E-state index is -4.23. The maximum atomic E-state index is 12.9. The summed E-state index contributed by atoms with van der Waals surface area (Å²) in [5.41, 5.74) is -0.774. The second-order valence-corrected chi connectivity index (χ2v) is 5.51. The van der Waals surface area contributed by atoms with Crippen molar-refractivity contribution < 1.29 is 22.3 Å². The average molecular weight is 257 g/mol. The lowest BCUT2D eigenvalue weighted by molar-refractivity contribution is 0.0148. The minimum Gasteiger partial charge on any atom is -0.506 e. The predicted molar refractivity (Wildman–Crippen MR) is 50.7 cm³/mol. The van der Waals surface area contributed by atoms with E-state index in [1.54, 1.807) is 0 Å². The number of aromatic hydroxyl groups is 1. The molecule has 0 heterocycles. The highest BCUT2D eigenvalue weighted by molar-refractivity contribution is 8.13. The van der Waals surface area contributed by atoms with Crippen LogP contribution in [-0.4, -0.2) is 13.5 Å². The second-order valence-electron chi connectivity index (χ2n) is 2.98. The van der Waals surface area contributed by atoms with E-state index in [0.717, 1.165) is 18.2 Å². The van der Waals surface area contributed by atoms with E-state index in [0.29, 0.717) is 6.92 Å². The highest BCUT2D eigenvalue weighted by Gasteiger charge is 2.31. The summed E-state index contributed by atoms with van der Waals surface area (Å²) in [7, 11) is 0.726. The van der Waals surface area contributed by atoms with E-state index in [-0.39, 0.29) is 0 Å². The topological polar surface area (TPSA) is 54.4 Å². The van der Waals surface area contributed by atoms with Crippen molar-refractivity contribution in [1.29, 1.82) is 0 Å². The quantitative estimate of drug-likeness (QED) is 0.827. The Bertz CT molecular complexity index is 479. The number of rotatable bonds is 2. The van der Waals surface area contributed by atoms with Crippen LogP contribution in [0, 0.1) is 0 Å². The fourth-order valence-electron chi connectivity index (χ4n) is 1.07. The minimum absolute atomic E-state index is 0.548. The number of hydrogen-bond acceptors (Lipinski definition) is 3. The fourth-order valence-corrected chi connectivity index (χ4v) is 2.03. The van der Waals surface area contributed by atoms with Crippen LogP contribution in [0.2, 0.25) is 0 Å². The van der Waals surface area contributed by atoms with Gasteiger partial charge >= 0.3 is 0 Å². The molecule has 3 nitrogen and oxygen atoms in total. The van der Waals surface area contributed by atoms with E-state index in [1.165, 1.54) is 0 Å². The van der Waals surface area contributed by atoms with Crippen LogP contribution in [-0.2, 0) is 15.0 Å². The van der Waals surface area contributed by atoms with Crippen molar-refractivity contribution in [3.63, 3.8) is 0 Å². The van der Waals surface area contributed by atoms with Gasteiger partial charge in [-0.3, -0.25) is 0 Å². The maximum absolute atomic E-state index is 12.9. The normalized spacial score (nSPS) is 12.8. The summed E-state index contributed by atoms with van der Waals surface area (Å²) >= 11 is 0. The average Bonchev–Trinajstić information content (AvgIpc) is 1.99. The van der Waals surface area contributed by atoms with Gasteiger partial charge in [-0.25, -0.2) is 17.2 Å². The van der Waals surface area contributed by atoms with E-state index < -0.39 is 31.2 Å². The number of halogens is 3. The Hall–Kier alpha value is -0.880. The molecule has 0 spiro atoms. The zero-order valence-electron chi connectivity index (χ0n) is 7.54. The molecule has 0 radical (unpaired) electrons. The summed E-state index contributed by atoms with van der Waals surface area (Å²) in [6.07, 6.45) is 0. The van der Waals surface area contributed by atoms with Gasteiger partial charge in [0.05, 0.1) is 5.56 Å². The number of alkyl halides is 2. The first-order chi connectivity index (χ1) is 6.64. The van der Waals surface area contributed by atoms with Crippen LogP contribution < -0.4 is 0 Å². The molecule has 0 aliphatic carbocycles. The van der Waals surface area contributed by atoms with Crippen molar-refractivity contribution in [2.24, 2.45) is 0 Å². The van der Waals surface area contributed by atoms with Crippen LogP contribution in [0.15, 0.2) is 23.1 Å². The number of para-hydroxylation sites is 1. The number of phenols is 1. The SMILES string of the molecule is CC(F)(F)c1cccc(S(=O)(=O)Cl)c1O. The third-order valence-electron chi connectivity index (χ3n) is 1.73. The molecule has 0 atom stereocenters. The molecule has 15 heavy (non-hydrogen) atoms. The summed E-state index contributed by atoms with van der Waals surface area (Å²) in [4.78, 5) is -0.719. The molecule has 1 aromatic carbocycles. The van der Waals surface area contributed by atoms with Crippen LogP contribution in [0.1, 0.15) is 12.5 Å². The predicted octanol–water partition coefficient (Wildman–Crippen LogP) is 2.43. The van der Waals surface area contributed by atoms with E-state index in [4.69, 9.17) is 10.7 Å². The molecular formula is C8H7ClF2O3S. The lowest BCUT2D eigenvalue weighted by Crippen LogP contribution is -2.08. The molecule has 0 amide bonds. The van der Waals surface area contributed by atoms with Gasteiger partial charge in [0.1, 0.15) is 10.6 Å². The summed E-state index contributed by atoms with van der Waals surface area (Å²) in [5.74, 6) is -4.35. The van der Waals surface area contributed by atoms with Gasteiger partial charge in [-0.2, -0.15) is 0 Å². The van der Waals surface area contributed by atoms with Gasteiger partial charge in [0.2, 0.25) is 0 Å². The maximum Gasteiger partial charge on any atom is 0.274 e. The van der Waals surface area contributed by atoms with Gasteiger partial charge in [0, 0.05) is 17.6 Å². The lowest BCUT2D eigenvalue weighted by Gasteiger charge is -2.13. The zero-order valence-corrected chi connectivity index (χ0v) is 9.11. The fraction of sp³-hybridized carbons (Fsp3) is 0.250. The van der Waals surface area contributed by atoms with E-state index in [1.807, 2.05) is 0 Å². The van der Waals surface area contributed by atoms with Crippen molar-refractivity contribution >= 4 is 19.7 Å². The van der Waals surface area contributed by atoms with Gasteiger partial charge in [-0.1, -0.05) is 6.07 Å². The lowest BCUT2D eigenvalue weighted by atomic mass is 10.1. The highest BCUT2D eigenvalue weighted by Crippen LogP contribution is 2.38. The molecule has 1 N–H and O–H groups in total. The molecule has 1 rings (SSSR count). The van der Waals surface area contributed by atoms with Crippen molar-refractivity contribution in [2.75, 3.05) is 0 Å². The third kappa shape index (κ3) is 2.57. The molecule has 84 valence electrons. The Morgan fingerprint density at radius 2 is 1.93 bits per heavy atom. The number of benzene rings is 1. The summed E-state index contributed by atoms with van der Waals surface area (Å²) < 4.78 is 47.6. The van der Waals surface area contributed by atoms with Crippen molar-refractivity contribution in [3.05, 3.63) is 23.8 Å². The van der Waals surface area contributed by atoms with Gasteiger partial charge in [0.15, 0.2) is 0 Å². The first kappa shape index (κ1) is 12.2. The van der Waals surface area contributed by atoms with Crippen molar-refractivity contribution in [3.8, 4) is 5.75 Å². The molecule has 0 saturated carbocycles. The number of phenolic OH excluding ortho intramolecular Hbond substituents is 1. The standard InChI is InChI=1S/C8H7ClF2O3S/c1-8(10,11)5-3-2-4-6(7(5)12)15(9,13)14/h2-4,12H,1H3. The van der Waals surface area contributed by atoms with Crippen LogP contribution in [0.5, 0.6) is 5.75 Å². The summed E-state index contributed by atoms with van der Waals surface area (Å²) in [6.45, 7) is 0.548. The third-order valence-corrected chi connectivity index (χ3v) is 3.09. The molecule has 0 aliphatic heterocycles. The molecule has 0 bridgehead atoms. The van der Waals surface area contributed by atoms with Crippen LogP contribution in [0.4, 0.5) is 8.78 Å². The smallest absolute Gasteiger partial charge is 0.274 e. The monoisotopic (exact) mass is 256 g/mol. The Labute approximate surface area is 89.7 Å². The Balaban J connectivity index is 3.51. The van der Waals surface area contributed by atoms with E-state index >= 15 is 0 Å². The Morgan fingerprint density at radius 1 is 1.40 bits per heavy atom. The van der Waals surface area contributed by atoms with Crippen LogP contribution >= 0.6 is 10.7 Å². The van der Waals surface area contributed by atoms with E-state index in [2.05, 4.69) is 0 Å². The van der Waals surface area contributed by atoms with Gasteiger partial charge in [0.25, 0.3) is 15.0 Å². The molecule has 0 saturated heterocycles. The second kappa shape index (κ2) is 3.61. The van der Waals surface area contributed by atoms with Crippen molar-refractivity contribution in [2.45, 2.75) is 17.7 Å². The van der Waals surface area contributed by atoms with Crippen LogP contribution in [0.25, 0.3) is 0 Å². The van der Waals surface area contributed by atoms with Gasteiger partial charge < -0.3 is 5.11 Å². The van der Waals surface area contributed by atoms with Gasteiger partial charge in [-0.15, -0.1) is 0 Å². The van der Waals surface area contributed by atoms with Gasteiger partial charge in [-0.05, 0) is 12.1 Å².